The maximum Gasteiger partial charge on any atom is 0.224 e. The summed E-state index contributed by atoms with van der Waals surface area (Å²) in [6, 6.07) is 0. The van der Waals surface area contributed by atoms with Gasteiger partial charge in [0.2, 0.25) is 8.32 Å². The van der Waals surface area contributed by atoms with E-state index in [1.54, 1.807) is 0 Å². The van der Waals surface area contributed by atoms with Crippen LogP contribution in [0.4, 0.5) is 0 Å². The van der Waals surface area contributed by atoms with Gasteiger partial charge in [0, 0.05) is 6.61 Å². The number of allylic oxidation sites excluding steroid dienone is 1. The molecule has 2 nitrogen and oxygen atoms in total. The molecule has 0 fully saturated rings. The normalized spacial score (nSPS) is 12.3. The van der Waals surface area contributed by atoms with Crippen LogP contribution in [0.25, 0.3) is 0 Å². The summed E-state index contributed by atoms with van der Waals surface area (Å²) < 4.78 is 11.1. The number of unbranched alkanes of at least 4 members (excludes halogenated alkanes) is 2. The lowest BCUT2D eigenvalue weighted by Gasteiger charge is -2.20. The van der Waals surface area contributed by atoms with Crippen LogP contribution < -0.4 is 0 Å². The van der Waals surface area contributed by atoms with Crippen molar-refractivity contribution in [2.45, 2.75) is 46.2 Å². The fourth-order valence-corrected chi connectivity index (χ4v) is 2.50. The average molecular weight is 216 g/mol. The molecule has 0 aromatic heterocycles. The Morgan fingerprint density at radius 3 is 2.50 bits per heavy atom. The maximum absolute atomic E-state index is 5.64. The van der Waals surface area contributed by atoms with Gasteiger partial charge in [-0.25, -0.2) is 0 Å². The summed E-state index contributed by atoms with van der Waals surface area (Å²) in [6.45, 7) is 9.38. The van der Waals surface area contributed by atoms with E-state index in [9.17, 15) is 0 Å². The first-order chi connectivity index (χ1) is 6.62. The Balaban J connectivity index is 3.46. The van der Waals surface area contributed by atoms with Gasteiger partial charge in [-0.2, -0.15) is 0 Å². The zero-order valence-electron chi connectivity index (χ0n) is 10.0. The van der Waals surface area contributed by atoms with Crippen LogP contribution in [0.5, 0.6) is 0 Å². The summed E-state index contributed by atoms with van der Waals surface area (Å²) >= 11 is 0. The molecule has 14 heavy (non-hydrogen) atoms. The third kappa shape index (κ3) is 8.32. The molecule has 0 radical (unpaired) electrons. The molecule has 84 valence electrons. The number of hydrogen-bond acceptors (Lipinski definition) is 2. The monoisotopic (exact) mass is 216 g/mol. The Bertz CT molecular complexity index is 155. The van der Waals surface area contributed by atoms with Gasteiger partial charge in [0.25, 0.3) is 0 Å². The molecule has 0 heterocycles. The summed E-state index contributed by atoms with van der Waals surface area (Å²) in [5.74, 6) is 0. The van der Waals surface area contributed by atoms with E-state index in [1.165, 1.54) is 12.8 Å². The SMILES string of the molecule is CCCC/C=C/OC[Si](C)(C)OCC. The number of rotatable bonds is 8. The topological polar surface area (TPSA) is 18.5 Å². The second-order valence-electron chi connectivity index (χ2n) is 4.02. The summed E-state index contributed by atoms with van der Waals surface area (Å²) in [5.41, 5.74) is 0. The third-order valence-electron chi connectivity index (χ3n) is 1.88. The lowest BCUT2D eigenvalue weighted by Crippen LogP contribution is -2.36. The van der Waals surface area contributed by atoms with E-state index < -0.39 is 8.32 Å². The lowest BCUT2D eigenvalue weighted by atomic mass is 10.2. The highest BCUT2D eigenvalue weighted by Crippen LogP contribution is 2.05. The highest BCUT2D eigenvalue weighted by Gasteiger charge is 2.21. The molecule has 0 spiro atoms. The lowest BCUT2D eigenvalue weighted by molar-refractivity contribution is 0.250. The molecule has 0 rings (SSSR count). The Labute approximate surface area is 89.4 Å². The van der Waals surface area contributed by atoms with Gasteiger partial charge >= 0.3 is 0 Å². The molecule has 0 aliphatic carbocycles. The van der Waals surface area contributed by atoms with Crippen LogP contribution in [0.15, 0.2) is 12.3 Å². The standard InChI is InChI=1S/C11H24O2Si/c1-5-7-8-9-10-12-11-14(3,4)13-6-2/h9-10H,5-8,11H2,1-4H3/b10-9+. The number of ether oxygens (including phenoxy) is 1. The van der Waals surface area contributed by atoms with Gasteiger partial charge in [0.05, 0.1) is 6.26 Å². The minimum Gasteiger partial charge on any atom is -0.502 e. The highest BCUT2D eigenvalue weighted by atomic mass is 28.4. The van der Waals surface area contributed by atoms with Crippen LogP contribution in [0.3, 0.4) is 0 Å². The molecule has 0 aliphatic rings. The molecule has 0 saturated heterocycles. The van der Waals surface area contributed by atoms with E-state index in [-0.39, 0.29) is 0 Å². The molecule has 0 unspecified atom stereocenters. The molecular formula is C11H24O2Si. The van der Waals surface area contributed by atoms with E-state index >= 15 is 0 Å². The van der Waals surface area contributed by atoms with Gasteiger partial charge in [-0.15, -0.1) is 0 Å². The Morgan fingerprint density at radius 2 is 1.93 bits per heavy atom. The largest absolute Gasteiger partial charge is 0.502 e. The van der Waals surface area contributed by atoms with E-state index in [2.05, 4.69) is 26.1 Å². The van der Waals surface area contributed by atoms with Crippen molar-refractivity contribution in [3.8, 4) is 0 Å². The molecule has 0 N–H and O–H groups in total. The van der Waals surface area contributed by atoms with Gasteiger partial charge in [-0.05, 0) is 38.9 Å². The van der Waals surface area contributed by atoms with Crippen molar-refractivity contribution in [2.24, 2.45) is 0 Å². The summed E-state index contributed by atoms with van der Waals surface area (Å²) in [5, 5.41) is 0. The van der Waals surface area contributed by atoms with Gasteiger partial charge in [-0.3, -0.25) is 0 Å². The van der Waals surface area contributed by atoms with Crippen LogP contribution in [0.1, 0.15) is 33.1 Å². The maximum atomic E-state index is 5.64. The fourth-order valence-electron chi connectivity index (χ4n) is 1.14. The number of hydrogen-bond donors (Lipinski definition) is 0. The fraction of sp³-hybridized carbons (Fsp3) is 0.818. The van der Waals surface area contributed by atoms with Crippen LogP contribution >= 0.6 is 0 Å². The molecular weight excluding hydrogens is 192 g/mol. The van der Waals surface area contributed by atoms with Crippen molar-refractivity contribution < 1.29 is 9.16 Å². The average Bonchev–Trinajstić information content (AvgIpc) is 2.11. The van der Waals surface area contributed by atoms with E-state index in [1.807, 2.05) is 13.2 Å². The minimum absolute atomic E-state index is 0.753. The van der Waals surface area contributed by atoms with E-state index in [0.29, 0.717) is 0 Å². The van der Waals surface area contributed by atoms with Crippen LogP contribution in [0, 0.1) is 0 Å². The second-order valence-corrected chi connectivity index (χ2v) is 8.11. The molecule has 0 amide bonds. The molecule has 0 saturated carbocycles. The van der Waals surface area contributed by atoms with Gasteiger partial charge in [0.15, 0.2) is 0 Å². The van der Waals surface area contributed by atoms with Crippen molar-refractivity contribution in [1.82, 2.24) is 0 Å². The van der Waals surface area contributed by atoms with Crippen molar-refractivity contribution in [1.29, 1.82) is 0 Å². The van der Waals surface area contributed by atoms with Crippen molar-refractivity contribution in [2.75, 3.05) is 12.8 Å². The highest BCUT2D eigenvalue weighted by molar-refractivity contribution is 6.71. The smallest absolute Gasteiger partial charge is 0.224 e. The summed E-state index contributed by atoms with van der Waals surface area (Å²) in [7, 11) is -1.55. The molecule has 0 atom stereocenters. The van der Waals surface area contributed by atoms with Crippen LogP contribution in [-0.4, -0.2) is 21.2 Å². The first-order valence-electron chi connectivity index (χ1n) is 5.53. The predicted octanol–water partition coefficient (Wildman–Crippen LogP) is 3.49. The van der Waals surface area contributed by atoms with Crippen LogP contribution in [0.2, 0.25) is 13.1 Å². The van der Waals surface area contributed by atoms with E-state index in [0.717, 1.165) is 19.3 Å². The first-order valence-corrected chi connectivity index (χ1v) is 8.64. The Hall–Kier alpha value is -0.283. The zero-order chi connectivity index (χ0) is 10.9. The third-order valence-corrected chi connectivity index (χ3v) is 3.81. The first kappa shape index (κ1) is 13.7. The van der Waals surface area contributed by atoms with Crippen LogP contribution in [-0.2, 0) is 9.16 Å². The molecule has 3 heteroatoms. The Kier molecular flexibility index (Phi) is 7.90. The predicted molar refractivity (Wildman–Crippen MR) is 63.7 cm³/mol. The zero-order valence-corrected chi connectivity index (χ0v) is 11.0. The molecule has 0 aliphatic heterocycles. The molecule has 0 bridgehead atoms. The summed E-state index contributed by atoms with van der Waals surface area (Å²) in [6.07, 6.45) is 8.27. The van der Waals surface area contributed by atoms with Gasteiger partial charge in [0.1, 0.15) is 6.23 Å². The quantitative estimate of drug-likeness (QED) is 0.351. The van der Waals surface area contributed by atoms with Gasteiger partial charge in [-0.1, -0.05) is 13.3 Å². The molecule has 0 aromatic carbocycles. The van der Waals surface area contributed by atoms with Crippen molar-refractivity contribution >= 4 is 8.32 Å². The molecule has 0 aromatic rings. The van der Waals surface area contributed by atoms with Gasteiger partial charge < -0.3 is 9.16 Å². The second kappa shape index (κ2) is 8.06. The van der Waals surface area contributed by atoms with Crippen molar-refractivity contribution in [3.05, 3.63) is 12.3 Å². The Morgan fingerprint density at radius 1 is 1.21 bits per heavy atom. The van der Waals surface area contributed by atoms with E-state index in [4.69, 9.17) is 9.16 Å². The van der Waals surface area contributed by atoms with Crippen molar-refractivity contribution in [3.63, 3.8) is 0 Å². The summed E-state index contributed by atoms with van der Waals surface area (Å²) in [4.78, 5) is 0. The minimum atomic E-state index is -1.55.